The smallest absolute Gasteiger partial charge is 0.407 e. The Morgan fingerprint density at radius 1 is 0.759 bits per heavy atom. The minimum atomic E-state index is -1.14. The van der Waals surface area contributed by atoms with Crippen LogP contribution in [-0.4, -0.2) is 53.7 Å². The average Bonchev–Trinajstić information content (AvgIpc) is 2.60. The number of carbonyl (C=O) groups is 4. The molecule has 0 aromatic carbocycles. The molecule has 29 heavy (non-hydrogen) atoms. The second-order valence-electron chi connectivity index (χ2n) is 8.15. The molecule has 3 atom stereocenters. The summed E-state index contributed by atoms with van der Waals surface area (Å²) >= 11 is 0. The molecule has 168 valence electrons. The number of amides is 3. The van der Waals surface area contributed by atoms with Crippen LogP contribution in [0.25, 0.3) is 0 Å². The summed E-state index contributed by atoms with van der Waals surface area (Å²) in [5.41, 5.74) is 0. The molecule has 0 saturated carbocycles. The van der Waals surface area contributed by atoms with E-state index in [0.29, 0.717) is 0 Å². The number of unbranched alkanes of at least 4 members (excludes halogenated alkanes) is 1. The van der Waals surface area contributed by atoms with Gasteiger partial charge in [0.05, 0.1) is 6.61 Å². The minimum Gasteiger partial charge on any atom is -0.480 e. The van der Waals surface area contributed by atoms with Crippen molar-refractivity contribution in [1.29, 1.82) is 0 Å². The van der Waals surface area contributed by atoms with E-state index in [1.54, 1.807) is 41.5 Å². The molecule has 0 fully saturated rings. The predicted octanol–water partition coefficient (Wildman–Crippen LogP) is 1.90. The summed E-state index contributed by atoms with van der Waals surface area (Å²) in [4.78, 5) is 48.7. The Morgan fingerprint density at radius 2 is 1.17 bits per heavy atom. The first-order chi connectivity index (χ1) is 13.4. The molecule has 0 aromatic rings. The van der Waals surface area contributed by atoms with Crippen molar-refractivity contribution < 1.29 is 29.0 Å². The molecule has 0 aliphatic heterocycles. The van der Waals surface area contributed by atoms with E-state index in [-0.39, 0.29) is 24.4 Å². The molecule has 4 N–H and O–H groups in total. The molecule has 0 aliphatic carbocycles. The fourth-order valence-electron chi connectivity index (χ4n) is 2.55. The van der Waals surface area contributed by atoms with Gasteiger partial charge in [0.2, 0.25) is 11.8 Å². The van der Waals surface area contributed by atoms with Crippen LogP contribution in [0, 0.1) is 17.8 Å². The number of ether oxygens (including phenoxy) is 1. The van der Waals surface area contributed by atoms with Gasteiger partial charge in [-0.1, -0.05) is 54.9 Å². The van der Waals surface area contributed by atoms with Crippen LogP contribution in [0.2, 0.25) is 0 Å². The zero-order valence-electron chi connectivity index (χ0n) is 18.6. The summed E-state index contributed by atoms with van der Waals surface area (Å²) in [5, 5.41) is 16.9. The molecule has 0 aromatic heterocycles. The van der Waals surface area contributed by atoms with Crippen molar-refractivity contribution in [1.82, 2.24) is 16.0 Å². The summed E-state index contributed by atoms with van der Waals surface area (Å²) in [5.74, 6) is -3.10. The third kappa shape index (κ3) is 9.62. The lowest BCUT2D eigenvalue weighted by Gasteiger charge is -2.28. The number of carboxylic acid groups (broad SMARTS) is 1. The van der Waals surface area contributed by atoms with E-state index in [4.69, 9.17) is 4.74 Å². The molecule has 9 heteroatoms. The number of rotatable bonds is 12. The Kier molecular flexibility index (Phi) is 12.0. The molecule has 0 radical (unpaired) electrons. The zero-order chi connectivity index (χ0) is 22.7. The Labute approximate surface area is 173 Å². The van der Waals surface area contributed by atoms with Gasteiger partial charge in [-0.3, -0.25) is 9.59 Å². The first-order valence-electron chi connectivity index (χ1n) is 10.2. The summed E-state index contributed by atoms with van der Waals surface area (Å²) in [6, 6.07) is -2.89. The molecular weight excluding hydrogens is 378 g/mol. The Balaban J connectivity index is 5.17. The van der Waals surface area contributed by atoms with E-state index < -0.39 is 42.0 Å². The summed E-state index contributed by atoms with van der Waals surface area (Å²) in [6.07, 6.45) is 0.909. The second-order valence-corrected chi connectivity index (χ2v) is 8.15. The predicted molar refractivity (Wildman–Crippen MR) is 109 cm³/mol. The number of hydrogen-bond acceptors (Lipinski definition) is 5. The molecular formula is C20H37N3O6. The Morgan fingerprint density at radius 3 is 1.55 bits per heavy atom. The van der Waals surface area contributed by atoms with Crippen LogP contribution in [0.4, 0.5) is 4.79 Å². The van der Waals surface area contributed by atoms with E-state index >= 15 is 0 Å². The lowest BCUT2D eigenvalue weighted by atomic mass is 9.98. The number of nitrogens with one attached hydrogen (secondary N) is 3. The maximum atomic E-state index is 12.7. The van der Waals surface area contributed by atoms with Crippen LogP contribution in [0.3, 0.4) is 0 Å². The van der Waals surface area contributed by atoms with E-state index in [1.807, 2.05) is 6.92 Å². The average molecular weight is 416 g/mol. The Hall–Kier alpha value is -2.32. The van der Waals surface area contributed by atoms with E-state index in [9.17, 15) is 24.3 Å². The van der Waals surface area contributed by atoms with Gasteiger partial charge in [0.25, 0.3) is 0 Å². The molecule has 0 saturated heterocycles. The van der Waals surface area contributed by atoms with Crippen LogP contribution in [-0.2, 0) is 19.1 Å². The summed E-state index contributed by atoms with van der Waals surface area (Å²) in [7, 11) is 0. The monoisotopic (exact) mass is 415 g/mol. The highest BCUT2D eigenvalue weighted by Gasteiger charge is 2.33. The standard InChI is InChI=1S/C20H37N3O6/c1-8-9-10-29-20(28)23-15(12(4)5)18(25)21-14(11(2)3)17(24)22-16(13(6)7)19(26)27/h11-16H,8-10H2,1-7H3,(H,21,25)(H,22,24)(H,23,28)(H,26,27). The molecule has 0 aliphatic rings. The van der Waals surface area contributed by atoms with Gasteiger partial charge in [0.15, 0.2) is 0 Å². The van der Waals surface area contributed by atoms with Crippen molar-refractivity contribution in [3.05, 3.63) is 0 Å². The molecule has 0 bridgehead atoms. The van der Waals surface area contributed by atoms with Crippen LogP contribution in [0.15, 0.2) is 0 Å². The van der Waals surface area contributed by atoms with Crippen molar-refractivity contribution in [3.63, 3.8) is 0 Å². The van der Waals surface area contributed by atoms with E-state index in [1.165, 1.54) is 0 Å². The third-order valence-corrected chi connectivity index (χ3v) is 4.43. The van der Waals surface area contributed by atoms with Gasteiger partial charge >= 0.3 is 12.1 Å². The molecule has 9 nitrogen and oxygen atoms in total. The van der Waals surface area contributed by atoms with Gasteiger partial charge < -0.3 is 25.8 Å². The van der Waals surface area contributed by atoms with E-state index in [0.717, 1.165) is 12.8 Å². The number of aliphatic carboxylic acids is 1. The molecule has 3 amide bonds. The zero-order valence-corrected chi connectivity index (χ0v) is 18.6. The third-order valence-electron chi connectivity index (χ3n) is 4.43. The normalized spacial score (nSPS) is 14.3. The van der Waals surface area contributed by atoms with Crippen molar-refractivity contribution >= 4 is 23.9 Å². The lowest BCUT2D eigenvalue weighted by molar-refractivity contribution is -0.143. The van der Waals surface area contributed by atoms with E-state index in [2.05, 4.69) is 16.0 Å². The number of hydrogen-bond donors (Lipinski definition) is 4. The van der Waals surface area contributed by atoms with Crippen LogP contribution < -0.4 is 16.0 Å². The van der Waals surface area contributed by atoms with Gasteiger partial charge in [0, 0.05) is 0 Å². The minimum absolute atomic E-state index is 0.243. The quantitative estimate of drug-likeness (QED) is 0.360. The summed E-state index contributed by atoms with van der Waals surface area (Å²) in [6.45, 7) is 12.6. The van der Waals surface area contributed by atoms with Gasteiger partial charge in [-0.2, -0.15) is 0 Å². The van der Waals surface area contributed by atoms with Crippen LogP contribution in [0.1, 0.15) is 61.3 Å². The maximum absolute atomic E-state index is 12.7. The maximum Gasteiger partial charge on any atom is 0.407 e. The van der Waals surface area contributed by atoms with Crippen LogP contribution in [0.5, 0.6) is 0 Å². The fraction of sp³-hybridized carbons (Fsp3) is 0.800. The van der Waals surface area contributed by atoms with Crippen molar-refractivity contribution in [2.75, 3.05) is 6.61 Å². The first-order valence-corrected chi connectivity index (χ1v) is 10.2. The Bertz CT molecular complexity index is 562. The number of alkyl carbamates (subject to hydrolysis) is 1. The lowest BCUT2D eigenvalue weighted by Crippen LogP contribution is -2.59. The molecule has 0 heterocycles. The SMILES string of the molecule is CCCCOC(=O)NC(C(=O)NC(C(=O)NC(C(=O)O)C(C)C)C(C)C)C(C)C. The molecule has 3 unspecified atom stereocenters. The second kappa shape index (κ2) is 13.0. The summed E-state index contributed by atoms with van der Waals surface area (Å²) < 4.78 is 5.04. The van der Waals surface area contributed by atoms with Gasteiger partial charge in [-0.05, 0) is 24.2 Å². The highest BCUT2D eigenvalue weighted by molar-refractivity contribution is 5.93. The first kappa shape index (κ1) is 26.7. The highest BCUT2D eigenvalue weighted by Crippen LogP contribution is 2.09. The highest BCUT2D eigenvalue weighted by atomic mass is 16.5. The van der Waals surface area contributed by atoms with Gasteiger partial charge in [-0.15, -0.1) is 0 Å². The molecule has 0 spiro atoms. The number of carboxylic acids is 1. The van der Waals surface area contributed by atoms with Gasteiger partial charge in [-0.25, -0.2) is 9.59 Å². The van der Waals surface area contributed by atoms with Crippen molar-refractivity contribution in [2.45, 2.75) is 79.4 Å². The van der Waals surface area contributed by atoms with Crippen molar-refractivity contribution in [2.24, 2.45) is 17.8 Å². The van der Waals surface area contributed by atoms with Gasteiger partial charge in [0.1, 0.15) is 18.1 Å². The van der Waals surface area contributed by atoms with Crippen molar-refractivity contribution in [3.8, 4) is 0 Å². The fourth-order valence-corrected chi connectivity index (χ4v) is 2.55. The topological polar surface area (TPSA) is 134 Å². The number of carbonyl (C=O) groups excluding carboxylic acids is 3. The largest absolute Gasteiger partial charge is 0.480 e. The molecule has 0 rings (SSSR count). The van der Waals surface area contributed by atoms with Crippen LogP contribution >= 0.6 is 0 Å².